The summed E-state index contributed by atoms with van der Waals surface area (Å²) in [6, 6.07) is 11.7. The lowest BCUT2D eigenvalue weighted by Crippen LogP contribution is -2.41. The third kappa shape index (κ3) is 4.64. The molecule has 3 rings (SSSR count). The SMILES string of the molecule is CC(OC(=O)c1cccc(OCc2ccc(F)cc2)c1)C(=O)N1CCNC1=O. The first-order chi connectivity index (χ1) is 13.4. The van der Waals surface area contributed by atoms with Crippen molar-refractivity contribution in [3.63, 3.8) is 0 Å². The molecule has 7 nitrogen and oxygen atoms in total. The van der Waals surface area contributed by atoms with Gasteiger partial charge in [-0.25, -0.2) is 14.0 Å². The van der Waals surface area contributed by atoms with Crippen LogP contribution < -0.4 is 10.1 Å². The molecule has 0 bridgehead atoms. The molecule has 1 fully saturated rings. The highest BCUT2D eigenvalue weighted by Crippen LogP contribution is 2.17. The standard InChI is InChI=1S/C20H19FN2O5/c1-13(18(24)23-10-9-22-20(23)26)28-19(25)15-3-2-4-17(11-15)27-12-14-5-7-16(21)8-6-14/h2-8,11,13H,9-10,12H2,1H3,(H,22,26). The number of nitrogens with one attached hydrogen (secondary N) is 1. The average molecular weight is 386 g/mol. The van der Waals surface area contributed by atoms with E-state index in [-0.39, 0.29) is 24.5 Å². The van der Waals surface area contributed by atoms with Gasteiger partial charge in [-0.2, -0.15) is 0 Å². The quantitative estimate of drug-likeness (QED) is 0.771. The van der Waals surface area contributed by atoms with Gasteiger partial charge in [-0.05, 0) is 42.8 Å². The average Bonchev–Trinajstić information content (AvgIpc) is 3.13. The van der Waals surface area contributed by atoms with Crippen LogP contribution in [0.25, 0.3) is 0 Å². The summed E-state index contributed by atoms with van der Waals surface area (Å²) in [7, 11) is 0. The first-order valence-electron chi connectivity index (χ1n) is 8.71. The molecule has 0 aromatic heterocycles. The summed E-state index contributed by atoms with van der Waals surface area (Å²) in [6.45, 7) is 2.24. The van der Waals surface area contributed by atoms with E-state index < -0.39 is 24.0 Å². The summed E-state index contributed by atoms with van der Waals surface area (Å²) in [6.07, 6.45) is -1.10. The molecule has 1 aliphatic heterocycles. The van der Waals surface area contributed by atoms with Gasteiger partial charge in [0.1, 0.15) is 18.2 Å². The maximum atomic E-state index is 12.9. The zero-order chi connectivity index (χ0) is 20.1. The summed E-state index contributed by atoms with van der Waals surface area (Å²) < 4.78 is 23.7. The van der Waals surface area contributed by atoms with E-state index in [0.29, 0.717) is 12.3 Å². The lowest BCUT2D eigenvalue weighted by Gasteiger charge is -2.18. The van der Waals surface area contributed by atoms with Crippen LogP contribution in [0.4, 0.5) is 9.18 Å². The van der Waals surface area contributed by atoms with E-state index in [9.17, 15) is 18.8 Å². The van der Waals surface area contributed by atoms with Gasteiger partial charge in [0, 0.05) is 13.1 Å². The van der Waals surface area contributed by atoms with Crippen LogP contribution in [0.1, 0.15) is 22.8 Å². The molecule has 2 aromatic carbocycles. The third-order valence-corrected chi connectivity index (χ3v) is 4.14. The Hall–Kier alpha value is -3.42. The molecule has 1 unspecified atom stereocenters. The number of carbonyl (C=O) groups is 3. The second-order valence-corrected chi connectivity index (χ2v) is 6.21. The van der Waals surface area contributed by atoms with Crippen molar-refractivity contribution in [3.05, 3.63) is 65.5 Å². The number of ether oxygens (including phenoxy) is 2. The highest BCUT2D eigenvalue weighted by molar-refractivity contribution is 5.99. The van der Waals surface area contributed by atoms with Gasteiger partial charge >= 0.3 is 12.0 Å². The number of rotatable bonds is 6. The van der Waals surface area contributed by atoms with Crippen molar-refractivity contribution >= 4 is 17.9 Å². The van der Waals surface area contributed by atoms with Gasteiger partial charge in [0.25, 0.3) is 5.91 Å². The number of hydrogen-bond donors (Lipinski definition) is 1. The summed E-state index contributed by atoms with van der Waals surface area (Å²) in [5, 5.41) is 2.52. The van der Waals surface area contributed by atoms with Crippen molar-refractivity contribution in [2.24, 2.45) is 0 Å². The van der Waals surface area contributed by atoms with Crippen LogP contribution in [0.3, 0.4) is 0 Å². The van der Waals surface area contributed by atoms with Crippen molar-refractivity contribution in [1.29, 1.82) is 0 Å². The van der Waals surface area contributed by atoms with E-state index in [1.165, 1.54) is 31.2 Å². The van der Waals surface area contributed by atoms with E-state index in [0.717, 1.165) is 10.5 Å². The lowest BCUT2D eigenvalue weighted by atomic mass is 10.2. The minimum atomic E-state index is -1.10. The molecule has 0 radical (unpaired) electrons. The second-order valence-electron chi connectivity index (χ2n) is 6.21. The van der Waals surface area contributed by atoms with Gasteiger partial charge in [0.05, 0.1) is 5.56 Å². The summed E-state index contributed by atoms with van der Waals surface area (Å²) in [4.78, 5) is 37.1. The number of hydrogen-bond acceptors (Lipinski definition) is 5. The van der Waals surface area contributed by atoms with E-state index in [2.05, 4.69) is 5.32 Å². The number of urea groups is 1. The molecule has 8 heteroatoms. The Morgan fingerprint density at radius 1 is 1.21 bits per heavy atom. The lowest BCUT2D eigenvalue weighted by molar-refractivity contribution is -0.136. The molecule has 28 heavy (non-hydrogen) atoms. The molecule has 1 N–H and O–H groups in total. The van der Waals surface area contributed by atoms with E-state index in [1.807, 2.05) is 0 Å². The van der Waals surface area contributed by atoms with Gasteiger partial charge in [-0.3, -0.25) is 9.69 Å². The van der Waals surface area contributed by atoms with Crippen LogP contribution in [0.15, 0.2) is 48.5 Å². The fourth-order valence-corrected chi connectivity index (χ4v) is 2.64. The summed E-state index contributed by atoms with van der Waals surface area (Å²) in [5.74, 6) is -1.18. The molecule has 1 saturated heterocycles. The number of carbonyl (C=O) groups excluding carboxylic acids is 3. The molecule has 0 aliphatic carbocycles. The predicted octanol–water partition coefficient (Wildman–Crippen LogP) is 2.50. The molecular formula is C20H19FN2O5. The molecule has 146 valence electrons. The Morgan fingerprint density at radius 3 is 2.64 bits per heavy atom. The van der Waals surface area contributed by atoms with Crippen molar-refractivity contribution in [1.82, 2.24) is 10.2 Å². The number of amides is 3. The minimum absolute atomic E-state index is 0.206. The normalized spacial score (nSPS) is 14.4. The number of esters is 1. The van der Waals surface area contributed by atoms with Gasteiger partial charge in [0.2, 0.25) is 0 Å². The predicted molar refractivity (Wildman–Crippen MR) is 97.2 cm³/mol. The van der Waals surface area contributed by atoms with Crippen molar-refractivity contribution in [2.45, 2.75) is 19.6 Å². The first-order valence-corrected chi connectivity index (χ1v) is 8.71. The third-order valence-electron chi connectivity index (χ3n) is 4.14. The molecular weight excluding hydrogens is 367 g/mol. The number of halogens is 1. The Balaban J connectivity index is 1.59. The molecule has 1 atom stereocenters. The van der Waals surface area contributed by atoms with Crippen molar-refractivity contribution < 1.29 is 28.2 Å². The molecule has 0 saturated carbocycles. The Kier molecular flexibility index (Phi) is 5.88. The second kappa shape index (κ2) is 8.51. The van der Waals surface area contributed by atoms with Crippen LogP contribution in [0.5, 0.6) is 5.75 Å². The van der Waals surface area contributed by atoms with Gasteiger partial charge in [-0.15, -0.1) is 0 Å². The Morgan fingerprint density at radius 2 is 1.96 bits per heavy atom. The van der Waals surface area contributed by atoms with Gasteiger partial charge in [0.15, 0.2) is 6.10 Å². The van der Waals surface area contributed by atoms with Crippen molar-refractivity contribution in [3.8, 4) is 5.75 Å². The number of benzene rings is 2. The molecule has 1 heterocycles. The van der Waals surface area contributed by atoms with Crippen molar-refractivity contribution in [2.75, 3.05) is 13.1 Å². The highest BCUT2D eigenvalue weighted by atomic mass is 19.1. The maximum absolute atomic E-state index is 12.9. The minimum Gasteiger partial charge on any atom is -0.489 e. The number of imide groups is 1. The largest absolute Gasteiger partial charge is 0.489 e. The zero-order valence-corrected chi connectivity index (χ0v) is 15.2. The van der Waals surface area contributed by atoms with Crippen LogP contribution >= 0.6 is 0 Å². The fraction of sp³-hybridized carbons (Fsp3) is 0.250. The van der Waals surface area contributed by atoms with Crippen LogP contribution in [0, 0.1) is 5.82 Å². The van der Waals surface area contributed by atoms with Crippen LogP contribution in [-0.4, -0.2) is 42.0 Å². The monoisotopic (exact) mass is 386 g/mol. The summed E-state index contributed by atoms with van der Waals surface area (Å²) >= 11 is 0. The Bertz CT molecular complexity index is 884. The van der Waals surface area contributed by atoms with E-state index >= 15 is 0 Å². The highest BCUT2D eigenvalue weighted by Gasteiger charge is 2.31. The molecule has 1 aliphatic rings. The van der Waals surface area contributed by atoms with Gasteiger partial charge in [-0.1, -0.05) is 18.2 Å². The zero-order valence-electron chi connectivity index (χ0n) is 15.2. The number of nitrogens with zero attached hydrogens (tertiary/aromatic N) is 1. The van der Waals surface area contributed by atoms with Crippen LogP contribution in [0.2, 0.25) is 0 Å². The maximum Gasteiger partial charge on any atom is 0.339 e. The first kappa shape index (κ1) is 19.3. The smallest absolute Gasteiger partial charge is 0.339 e. The van der Waals surface area contributed by atoms with Crippen LogP contribution in [-0.2, 0) is 16.1 Å². The molecule has 3 amide bonds. The molecule has 0 spiro atoms. The topological polar surface area (TPSA) is 84.9 Å². The molecule has 2 aromatic rings. The van der Waals surface area contributed by atoms with E-state index in [4.69, 9.17) is 9.47 Å². The van der Waals surface area contributed by atoms with Gasteiger partial charge < -0.3 is 14.8 Å². The fourth-order valence-electron chi connectivity index (χ4n) is 2.64. The summed E-state index contributed by atoms with van der Waals surface area (Å²) in [5.41, 5.74) is 0.986. The van der Waals surface area contributed by atoms with E-state index in [1.54, 1.807) is 24.3 Å². The Labute approximate surface area is 161 Å².